The number of benzene rings is 9. The SMILES string of the molecule is N#Cc1cccc(-c2ccc3c(c2)c2cc(-c4cccc(C#N)c4)ccc2n3-c2ccc(-c3cccc4oc5ccccc5c34)cc2-c2nc(-c3ccccc3)nc(-c3ccccc3)n2)c1. The summed E-state index contributed by atoms with van der Waals surface area (Å²) in [5.41, 5.74) is 14.1. The van der Waals surface area contributed by atoms with Crippen LogP contribution in [0, 0.1) is 22.7 Å². The Morgan fingerprint density at radius 2 is 0.864 bits per heavy atom. The van der Waals surface area contributed by atoms with Crippen molar-refractivity contribution in [2.75, 3.05) is 0 Å². The highest BCUT2D eigenvalue weighted by Gasteiger charge is 2.22. The van der Waals surface area contributed by atoms with Crippen molar-refractivity contribution in [1.29, 1.82) is 10.5 Å². The molecule has 66 heavy (non-hydrogen) atoms. The number of hydrogen-bond acceptors (Lipinski definition) is 6. The van der Waals surface area contributed by atoms with E-state index in [9.17, 15) is 10.5 Å². The lowest BCUT2D eigenvalue weighted by molar-refractivity contribution is 0.669. The maximum atomic E-state index is 9.80. The quantitative estimate of drug-likeness (QED) is 0.158. The van der Waals surface area contributed by atoms with Crippen LogP contribution < -0.4 is 0 Å². The molecule has 3 heterocycles. The number of aromatic nitrogens is 4. The first kappa shape index (κ1) is 38.3. The number of rotatable bonds is 7. The first-order valence-corrected chi connectivity index (χ1v) is 21.6. The van der Waals surface area contributed by atoms with Crippen LogP contribution in [0.15, 0.2) is 211 Å². The minimum Gasteiger partial charge on any atom is -0.456 e. The Kier molecular flexibility index (Phi) is 9.12. The van der Waals surface area contributed by atoms with E-state index < -0.39 is 0 Å². The van der Waals surface area contributed by atoms with Gasteiger partial charge in [-0.05, 0) is 106 Å². The van der Waals surface area contributed by atoms with Gasteiger partial charge in [0, 0.05) is 38.2 Å². The van der Waals surface area contributed by atoms with E-state index in [4.69, 9.17) is 19.4 Å². The predicted octanol–water partition coefficient (Wildman–Crippen LogP) is 14.6. The summed E-state index contributed by atoms with van der Waals surface area (Å²) >= 11 is 0. The third-order valence-electron chi connectivity index (χ3n) is 12.3. The predicted molar refractivity (Wildman–Crippen MR) is 263 cm³/mol. The summed E-state index contributed by atoms with van der Waals surface area (Å²) in [6.07, 6.45) is 0. The molecule has 7 heteroatoms. The van der Waals surface area contributed by atoms with E-state index in [1.165, 1.54) is 0 Å². The molecule has 0 aliphatic heterocycles. The molecule has 0 bridgehead atoms. The van der Waals surface area contributed by atoms with Gasteiger partial charge in [-0.15, -0.1) is 0 Å². The molecule has 0 aliphatic rings. The summed E-state index contributed by atoms with van der Waals surface area (Å²) in [7, 11) is 0. The van der Waals surface area contributed by atoms with E-state index in [0.717, 1.165) is 99.5 Å². The Balaban J connectivity index is 1.17. The molecule has 9 aromatic carbocycles. The molecular weight excluding hydrogens is 809 g/mol. The molecule has 7 nitrogen and oxygen atoms in total. The third kappa shape index (κ3) is 6.55. The summed E-state index contributed by atoms with van der Waals surface area (Å²) in [5, 5.41) is 23.7. The van der Waals surface area contributed by atoms with Crippen molar-refractivity contribution in [3.63, 3.8) is 0 Å². The number of hydrogen-bond donors (Lipinski definition) is 0. The number of furan rings is 1. The second kappa shape index (κ2) is 15.7. The monoisotopic (exact) mass is 842 g/mol. The molecule has 0 spiro atoms. The number of nitrogens with zero attached hydrogens (tertiary/aromatic N) is 6. The summed E-state index contributed by atoms with van der Waals surface area (Å²) in [6, 6.07) is 74.0. The molecule has 306 valence electrons. The van der Waals surface area contributed by atoms with Crippen LogP contribution >= 0.6 is 0 Å². The van der Waals surface area contributed by atoms with E-state index in [-0.39, 0.29) is 0 Å². The van der Waals surface area contributed by atoms with Crippen molar-refractivity contribution >= 4 is 43.7 Å². The zero-order valence-electron chi connectivity index (χ0n) is 35.2. The topological polar surface area (TPSA) is 104 Å². The number of para-hydroxylation sites is 1. The maximum Gasteiger partial charge on any atom is 0.166 e. The van der Waals surface area contributed by atoms with Crippen molar-refractivity contribution in [2.45, 2.75) is 0 Å². The van der Waals surface area contributed by atoms with Gasteiger partial charge in [-0.1, -0.05) is 133 Å². The first-order valence-electron chi connectivity index (χ1n) is 21.6. The van der Waals surface area contributed by atoms with Crippen molar-refractivity contribution < 1.29 is 4.42 Å². The molecule has 0 atom stereocenters. The van der Waals surface area contributed by atoms with Crippen molar-refractivity contribution in [3.8, 4) is 85.4 Å². The van der Waals surface area contributed by atoms with Gasteiger partial charge in [-0.2, -0.15) is 10.5 Å². The fraction of sp³-hybridized carbons (Fsp3) is 0. The van der Waals surface area contributed by atoms with Crippen LogP contribution in [0.5, 0.6) is 0 Å². The van der Waals surface area contributed by atoms with Crippen molar-refractivity contribution in [3.05, 3.63) is 217 Å². The van der Waals surface area contributed by atoms with Gasteiger partial charge < -0.3 is 8.98 Å². The molecule has 0 aliphatic carbocycles. The molecule has 0 radical (unpaired) electrons. The highest BCUT2D eigenvalue weighted by Crippen LogP contribution is 2.43. The maximum absolute atomic E-state index is 9.80. The lowest BCUT2D eigenvalue weighted by Crippen LogP contribution is -2.04. The zero-order valence-corrected chi connectivity index (χ0v) is 35.2. The Morgan fingerprint density at radius 1 is 0.364 bits per heavy atom. The number of fused-ring (bicyclic) bond motifs is 6. The van der Waals surface area contributed by atoms with E-state index in [1.807, 2.05) is 140 Å². The van der Waals surface area contributed by atoms with Crippen LogP contribution in [0.3, 0.4) is 0 Å². The van der Waals surface area contributed by atoms with Gasteiger partial charge in [-0.25, -0.2) is 15.0 Å². The Hall–Kier alpha value is -9.43. The largest absolute Gasteiger partial charge is 0.456 e. The molecule has 12 rings (SSSR count). The molecule has 0 saturated heterocycles. The summed E-state index contributed by atoms with van der Waals surface area (Å²) in [4.78, 5) is 15.7. The van der Waals surface area contributed by atoms with Crippen LogP contribution in [0.2, 0.25) is 0 Å². The molecule has 0 N–H and O–H groups in total. The van der Waals surface area contributed by atoms with Crippen LogP contribution in [-0.4, -0.2) is 19.5 Å². The highest BCUT2D eigenvalue weighted by atomic mass is 16.3. The van der Waals surface area contributed by atoms with Gasteiger partial charge in [0.25, 0.3) is 0 Å². The van der Waals surface area contributed by atoms with Crippen molar-refractivity contribution in [1.82, 2.24) is 19.5 Å². The summed E-state index contributed by atoms with van der Waals surface area (Å²) in [6.45, 7) is 0. The lowest BCUT2D eigenvalue weighted by atomic mass is 9.96. The highest BCUT2D eigenvalue weighted by molar-refractivity contribution is 6.14. The van der Waals surface area contributed by atoms with Crippen LogP contribution in [0.1, 0.15) is 11.1 Å². The van der Waals surface area contributed by atoms with Gasteiger partial charge in [-0.3, -0.25) is 0 Å². The van der Waals surface area contributed by atoms with Gasteiger partial charge in [0.05, 0.1) is 40.0 Å². The molecule has 0 saturated carbocycles. The molecule has 0 unspecified atom stereocenters. The van der Waals surface area contributed by atoms with Crippen LogP contribution in [-0.2, 0) is 0 Å². The van der Waals surface area contributed by atoms with Gasteiger partial charge in [0.1, 0.15) is 11.2 Å². The fourth-order valence-corrected chi connectivity index (χ4v) is 9.20. The van der Waals surface area contributed by atoms with Gasteiger partial charge in [0.15, 0.2) is 17.5 Å². The smallest absolute Gasteiger partial charge is 0.166 e. The molecule has 0 fully saturated rings. The minimum absolute atomic E-state index is 0.522. The lowest BCUT2D eigenvalue weighted by Gasteiger charge is -2.17. The third-order valence-corrected chi connectivity index (χ3v) is 12.3. The molecule has 3 aromatic heterocycles. The molecule has 12 aromatic rings. The van der Waals surface area contributed by atoms with Gasteiger partial charge >= 0.3 is 0 Å². The fourth-order valence-electron chi connectivity index (χ4n) is 9.20. The van der Waals surface area contributed by atoms with Crippen LogP contribution in [0.25, 0.3) is 117 Å². The zero-order chi connectivity index (χ0) is 44.1. The standard InChI is InChI=1S/C59H34N6O/c60-35-37-12-9-18-41(30-37)43-24-27-51-48(32-43)49-33-44(42-19-10-13-38(31-42)36-61)25-28-52(49)65(51)53-29-26-45(46-21-11-23-55-56(46)47-20-7-8-22-54(47)66-55)34-50(53)59-63-57(39-14-3-1-4-15-39)62-58(64-59)40-16-5-2-6-17-40/h1-34H. The Morgan fingerprint density at radius 3 is 1.47 bits per heavy atom. The van der Waals surface area contributed by atoms with Crippen LogP contribution in [0.4, 0.5) is 0 Å². The van der Waals surface area contributed by atoms with Gasteiger partial charge in [0.2, 0.25) is 0 Å². The Labute approximate surface area is 379 Å². The van der Waals surface area contributed by atoms with E-state index in [1.54, 1.807) is 0 Å². The summed E-state index contributed by atoms with van der Waals surface area (Å²) < 4.78 is 8.68. The van der Waals surface area contributed by atoms with E-state index >= 15 is 0 Å². The Bertz CT molecular complexity index is 3790. The normalized spacial score (nSPS) is 11.3. The molecular formula is C59H34N6O. The van der Waals surface area contributed by atoms with Crippen molar-refractivity contribution in [2.24, 2.45) is 0 Å². The molecule has 0 amide bonds. The van der Waals surface area contributed by atoms with E-state index in [0.29, 0.717) is 28.6 Å². The van der Waals surface area contributed by atoms with E-state index in [2.05, 4.69) is 83.4 Å². The number of nitriles is 2. The second-order valence-corrected chi connectivity index (χ2v) is 16.2. The minimum atomic E-state index is 0.522. The summed E-state index contributed by atoms with van der Waals surface area (Å²) in [5.74, 6) is 1.65. The average Bonchev–Trinajstić information content (AvgIpc) is 3.94. The average molecular weight is 843 g/mol. The second-order valence-electron chi connectivity index (χ2n) is 16.2. The first-order chi connectivity index (χ1) is 32.6.